The van der Waals surface area contributed by atoms with Crippen LogP contribution < -0.4 is 5.32 Å². The minimum Gasteiger partial charge on any atom is -0.316 e. The molecule has 0 bridgehead atoms. The van der Waals surface area contributed by atoms with Crippen LogP contribution in [-0.4, -0.2) is 36.6 Å². The molecule has 0 aromatic rings. The van der Waals surface area contributed by atoms with Crippen LogP contribution in [0.25, 0.3) is 0 Å². The third kappa shape index (κ3) is 3.96. The fourth-order valence-corrected chi connectivity index (χ4v) is 2.56. The summed E-state index contributed by atoms with van der Waals surface area (Å²) in [5.74, 6) is 1.63. The molecule has 1 rings (SSSR count). The van der Waals surface area contributed by atoms with Crippen molar-refractivity contribution in [2.24, 2.45) is 11.8 Å². The molecular weight excluding hydrogens is 208 g/mol. The Morgan fingerprint density at radius 1 is 1.29 bits per heavy atom. The van der Waals surface area contributed by atoms with E-state index in [4.69, 9.17) is 0 Å². The Bertz CT molecular complexity index is 223. The number of rotatable bonds is 7. The Kier molecular flexibility index (Phi) is 5.46. The number of hydrogen-bond acceptors (Lipinski definition) is 2. The van der Waals surface area contributed by atoms with Gasteiger partial charge < -0.3 is 5.32 Å². The average molecular weight is 240 g/mol. The van der Waals surface area contributed by atoms with E-state index in [-0.39, 0.29) is 0 Å². The van der Waals surface area contributed by atoms with Crippen LogP contribution >= 0.6 is 0 Å². The van der Waals surface area contributed by atoms with Crippen molar-refractivity contribution in [3.05, 3.63) is 0 Å². The molecule has 2 unspecified atom stereocenters. The Hall–Kier alpha value is -0.0800. The van der Waals surface area contributed by atoms with E-state index in [1.807, 2.05) is 0 Å². The molecule has 0 saturated heterocycles. The first-order chi connectivity index (χ1) is 7.88. The maximum Gasteiger partial charge on any atom is 0.0150 e. The van der Waals surface area contributed by atoms with Crippen LogP contribution in [-0.2, 0) is 0 Å². The van der Waals surface area contributed by atoms with Gasteiger partial charge in [0.05, 0.1) is 0 Å². The van der Waals surface area contributed by atoms with Gasteiger partial charge in [0.25, 0.3) is 0 Å². The van der Waals surface area contributed by atoms with E-state index in [0.29, 0.717) is 5.54 Å². The summed E-state index contributed by atoms with van der Waals surface area (Å²) in [4.78, 5) is 2.61. The van der Waals surface area contributed by atoms with Crippen LogP contribution in [0.3, 0.4) is 0 Å². The zero-order valence-electron chi connectivity index (χ0n) is 12.7. The van der Waals surface area contributed by atoms with Gasteiger partial charge in [0.1, 0.15) is 0 Å². The van der Waals surface area contributed by atoms with E-state index in [1.165, 1.54) is 25.8 Å². The van der Waals surface area contributed by atoms with Crippen LogP contribution in [0.15, 0.2) is 0 Å². The van der Waals surface area contributed by atoms with Crippen molar-refractivity contribution in [3.8, 4) is 0 Å². The van der Waals surface area contributed by atoms with Gasteiger partial charge in [-0.25, -0.2) is 0 Å². The molecule has 1 aliphatic rings. The number of nitrogens with zero attached hydrogens (tertiary/aromatic N) is 1. The highest BCUT2D eigenvalue weighted by Gasteiger charge is 2.38. The predicted octanol–water partition coefficient (Wildman–Crippen LogP) is 3.13. The zero-order chi connectivity index (χ0) is 13.1. The molecule has 2 heteroatoms. The SMILES string of the molecule is CCC(C)(C)N(C)C1CCC1CNCC(C)C. The van der Waals surface area contributed by atoms with Crippen LogP contribution in [0.2, 0.25) is 0 Å². The van der Waals surface area contributed by atoms with E-state index in [9.17, 15) is 0 Å². The first kappa shape index (κ1) is 15.0. The van der Waals surface area contributed by atoms with Crippen LogP contribution in [0, 0.1) is 11.8 Å². The lowest BCUT2D eigenvalue weighted by Gasteiger charge is -2.49. The summed E-state index contributed by atoms with van der Waals surface area (Å²) in [5.41, 5.74) is 0.349. The minimum atomic E-state index is 0.349. The third-order valence-electron chi connectivity index (χ3n) is 4.65. The fraction of sp³-hybridized carbons (Fsp3) is 1.00. The average Bonchev–Trinajstić information content (AvgIpc) is 2.22. The Labute approximate surface area is 108 Å². The molecular formula is C15H32N2. The molecule has 102 valence electrons. The smallest absolute Gasteiger partial charge is 0.0150 e. The quantitative estimate of drug-likeness (QED) is 0.735. The van der Waals surface area contributed by atoms with Gasteiger partial charge in [-0.1, -0.05) is 20.8 Å². The summed E-state index contributed by atoms with van der Waals surface area (Å²) in [5, 5.41) is 3.61. The van der Waals surface area contributed by atoms with Crippen molar-refractivity contribution in [3.63, 3.8) is 0 Å². The lowest BCUT2D eigenvalue weighted by atomic mass is 9.76. The van der Waals surface area contributed by atoms with Crippen LogP contribution in [0.5, 0.6) is 0 Å². The summed E-state index contributed by atoms with van der Waals surface area (Å²) in [6, 6.07) is 0.796. The molecule has 0 aliphatic heterocycles. The molecule has 17 heavy (non-hydrogen) atoms. The normalized spacial score (nSPS) is 25.4. The zero-order valence-corrected chi connectivity index (χ0v) is 12.7. The topological polar surface area (TPSA) is 15.3 Å². The predicted molar refractivity (Wildman–Crippen MR) is 76.4 cm³/mol. The van der Waals surface area contributed by atoms with E-state index in [0.717, 1.165) is 24.4 Å². The minimum absolute atomic E-state index is 0.349. The van der Waals surface area contributed by atoms with E-state index in [2.05, 4.69) is 51.9 Å². The molecule has 1 aliphatic carbocycles. The van der Waals surface area contributed by atoms with E-state index in [1.54, 1.807) is 0 Å². The standard InChI is InChI=1S/C15H32N2/c1-7-15(4,5)17(6)14-9-8-13(14)11-16-10-12(2)3/h12-14,16H,7-11H2,1-6H3. The third-order valence-corrected chi connectivity index (χ3v) is 4.65. The van der Waals surface area contributed by atoms with Crippen molar-refractivity contribution < 1.29 is 0 Å². The van der Waals surface area contributed by atoms with Crippen LogP contribution in [0.1, 0.15) is 53.9 Å². The highest BCUT2D eigenvalue weighted by atomic mass is 15.2. The van der Waals surface area contributed by atoms with Gasteiger partial charge in [-0.3, -0.25) is 4.90 Å². The first-order valence-corrected chi connectivity index (χ1v) is 7.32. The van der Waals surface area contributed by atoms with Gasteiger partial charge >= 0.3 is 0 Å². The van der Waals surface area contributed by atoms with Crippen LogP contribution in [0.4, 0.5) is 0 Å². The summed E-state index contributed by atoms with van der Waals surface area (Å²) >= 11 is 0. The van der Waals surface area contributed by atoms with E-state index < -0.39 is 0 Å². The van der Waals surface area contributed by atoms with Crippen molar-refractivity contribution in [2.45, 2.75) is 65.5 Å². The summed E-state index contributed by atoms with van der Waals surface area (Å²) in [6.45, 7) is 13.9. The summed E-state index contributed by atoms with van der Waals surface area (Å²) < 4.78 is 0. The molecule has 2 nitrogen and oxygen atoms in total. The van der Waals surface area contributed by atoms with Crippen molar-refractivity contribution >= 4 is 0 Å². The van der Waals surface area contributed by atoms with E-state index >= 15 is 0 Å². The highest BCUT2D eigenvalue weighted by Crippen LogP contribution is 2.35. The molecule has 0 aromatic carbocycles. The second-order valence-corrected chi connectivity index (χ2v) is 6.73. The lowest BCUT2D eigenvalue weighted by molar-refractivity contribution is 0.00889. The molecule has 2 atom stereocenters. The van der Waals surface area contributed by atoms with Gasteiger partial charge in [-0.2, -0.15) is 0 Å². The Balaban J connectivity index is 2.35. The van der Waals surface area contributed by atoms with Gasteiger partial charge in [-0.05, 0) is 65.1 Å². The molecule has 1 saturated carbocycles. The maximum absolute atomic E-state index is 3.61. The van der Waals surface area contributed by atoms with Gasteiger partial charge in [0.2, 0.25) is 0 Å². The molecule has 0 heterocycles. The molecule has 0 radical (unpaired) electrons. The number of hydrogen-bond donors (Lipinski definition) is 1. The van der Waals surface area contributed by atoms with Gasteiger partial charge in [0.15, 0.2) is 0 Å². The van der Waals surface area contributed by atoms with Crippen molar-refractivity contribution in [1.82, 2.24) is 10.2 Å². The molecule has 0 aromatic heterocycles. The maximum atomic E-state index is 3.61. The number of nitrogens with one attached hydrogen (secondary N) is 1. The molecule has 1 fully saturated rings. The fourth-order valence-electron chi connectivity index (χ4n) is 2.56. The molecule has 1 N–H and O–H groups in total. The van der Waals surface area contributed by atoms with Crippen molar-refractivity contribution in [2.75, 3.05) is 20.1 Å². The highest BCUT2D eigenvalue weighted by molar-refractivity contribution is 4.94. The largest absolute Gasteiger partial charge is 0.316 e. The second kappa shape index (κ2) is 6.19. The lowest BCUT2D eigenvalue weighted by Crippen LogP contribution is -2.56. The van der Waals surface area contributed by atoms with Gasteiger partial charge in [0, 0.05) is 11.6 Å². The molecule has 0 amide bonds. The summed E-state index contributed by atoms with van der Waals surface area (Å²) in [7, 11) is 2.31. The monoisotopic (exact) mass is 240 g/mol. The Morgan fingerprint density at radius 2 is 1.94 bits per heavy atom. The van der Waals surface area contributed by atoms with Crippen molar-refractivity contribution in [1.29, 1.82) is 0 Å². The summed E-state index contributed by atoms with van der Waals surface area (Å²) in [6.07, 6.45) is 4.01. The van der Waals surface area contributed by atoms with Gasteiger partial charge in [-0.15, -0.1) is 0 Å². The molecule has 0 spiro atoms. The second-order valence-electron chi connectivity index (χ2n) is 6.73. The first-order valence-electron chi connectivity index (χ1n) is 7.32. The Morgan fingerprint density at radius 3 is 2.35 bits per heavy atom.